The Bertz CT molecular complexity index is 370. The summed E-state index contributed by atoms with van der Waals surface area (Å²) in [6.07, 6.45) is 0. The average molecular weight is 220 g/mol. The molecule has 1 amide bonds. The van der Waals surface area contributed by atoms with E-state index in [0.29, 0.717) is 0 Å². The van der Waals surface area contributed by atoms with Crippen LogP contribution in [0.4, 0.5) is 0 Å². The molecular weight excluding hydrogens is 200 g/mol. The Morgan fingerprint density at radius 2 is 1.88 bits per heavy atom. The largest absolute Gasteiger partial charge is 0.285 e. The summed E-state index contributed by atoms with van der Waals surface area (Å²) in [5.74, 6) is -0.0267. The summed E-state index contributed by atoms with van der Waals surface area (Å²) < 4.78 is 0. The first-order chi connectivity index (χ1) is 7.58. The number of nitrogens with zero attached hydrogens (tertiary/aromatic N) is 1. The van der Waals surface area contributed by atoms with Crippen LogP contribution in [-0.4, -0.2) is 24.0 Å². The first-order valence-corrected chi connectivity index (χ1v) is 5.71. The molecule has 1 aromatic carbocycles. The first-order valence-electron chi connectivity index (χ1n) is 5.71. The normalized spacial score (nSPS) is 10.6. The molecule has 1 aromatic rings. The number of hydrogen-bond acceptors (Lipinski definition) is 2. The number of rotatable bonds is 4. The second-order valence-electron chi connectivity index (χ2n) is 3.93. The van der Waals surface area contributed by atoms with Crippen molar-refractivity contribution in [3.8, 4) is 0 Å². The summed E-state index contributed by atoms with van der Waals surface area (Å²) in [4.78, 5) is 12.0. The van der Waals surface area contributed by atoms with E-state index in [1.165, 1.54) is 5.56 Å². The number of carbonyl (C=O) groups excluding carboxylic acids is 1. The highest BCUT2D eigenvalue weighted by Crippen LogP contribution is 2.10. The molecule has 0 spiro atoms. The number of amides is 1. The second-order valence-corrected chi connectivity index (χ2v) is 3.93. The fourth-order valence-electron chi connectivity index (χ4n) is 1.65. The number of aryl methyl sites for hydroxylation is 2. The molecule has 0 atom stereocenters. The van der Waals surface area contributed by atoms with E-state index >= 15 is 0 Å². The van der Waals surface area contributed by atoms with Gasteiger partial charge in [-0.3, -0.25) is 10.2 Å². The van der Waals surface area contributed by atoms with Gasteiger partial charge in [-0.1, -0.05) is 31.5 Å². The molecule has 3 heteroatoms. The zero-order valence-electron chi connectivity index (χ0n) is 10.5. The van der Waals surface area contributed by atoms with Crippen LogP contribution in [0.2, 0.25) is 0 Å². The molecule has 1 N–H and O–H groups in total. The summed E-state index contributed by atoms with van der Waals surface area (Å²) in [5, 5.41) is 1.89. The lowest BCUT2D eigenvalue weighted by Crippen LogP contribution is -2.42. The fraction of sp³-hybridized carbons (Fsp3) is 0.462. The van der Waals surface area contributed by atoms with Gasteiger partial charge in [0.1, 0.15) is 0 Å². The van der Waals surface area contributed by atoms with Crippen LogP contribution in [-0.2, 0) is 0 Å². The predicted molar refractivity (Wildman–Crippen MR) is 66.3 cm³/mol. The van der Waals surface area contributed by atoms with Crippen LogP contribution < -0.4 is 5.43 Å². The highest BCUT2D eigenvalue weighted by Gasteiger charge is 2.10. The topological polar surface area (TPSA) is 32.3 Å². The van der Waals surface area contributed by atoms with Crippen LogP contribution in [0, 0.1) is 13.8 Å². The van der Waals surface area contributed by atoms with Crippen LogP contribution in [0.25, 0.3) is 0 Å². The first kappa shape index (κ1) is 12.7. The molecule has 1 rings (SSSR count). The van der Waals surface area contributed by atoms with Crippen LogP contribution in [0.15, 0.2) is 18.2 Å². The maximum Gasteiger partial charge on any atom is 0.265 e. The quantitative estimate of drug-likeness (QED) is 0.790. The van der Waals surface area contributed by atoms with Crippen molar-refractivity contribution in [3.63, 3.8) is 0 Å². The molecule has 0 saturated heterocycles. The van der Waals surface area contributed by atoms with Crippen LogP contribution >= 0.6 is 0 Å². The minimum Gasteiger partial charge on any atom is -0.285 e. The van der Waals surface area contributed by atoms with E-state index in [1.807, 2.05) is 50.9 Å². The van der Waals surface area contributed by atoms with Gasteiger partial charge in [0, 0.05) is 18.7 Å². The third-order valence-electron chi connectivity index (χ3n) is 2.65. The Labute approximate surface area is 97.4 Å². The van der Waals surface area contributed by atoms with Crippen LogP contribution in [0.1, 0.15) is 35.3 Å². The van der Waals surface area contributed by atoms with Gasteiger partial charge in [-0.2, -0.15) is 0 Å². The lowest BCUT2D eigenvalue weighted by Gasteiger charge is -2.19. The zero-order valence-corrected chi connectivity index (χ0v) is 10.5. The molecule has 0 aliphatic rings. The van der Waals surface area contributed by atoms with Gasteiger partial charge in [0.15, 0.2) is 0 Å². The smallest absolute Gasteiger partial charge is 0.265 e. The van der Waals surface area contributed by atoms with Crippen molar-refractivity contribution in [1.82, 2.24) is 10.4 Å². The fourth-order valence-corrected chi connectivity index (χ4v) is 1.65. The van der Waals surface area contributed by atoms with Crippen LogP contribution in [0.3, 0.4) is 0 Å². The molecule has 0 bridgehead atoms. The molecule has 0 aliphatic heterocycles. The Morgan fingerprint density at radius 1 is 1.25 bits per heavy atom. The summed E-state index contributed by atoms with van der Waals surface area (Å²) in [7, 11) is 0. The van der Waals surface area contributed by atoms with E-state index in [1.54, 1.807) is 0 Å². The van der Waals surface area contributed by atoms with Gasteiger partial charge in [0.05, 0.1) is 0 Å². The molecule has 0 radical (unpaired) electrons. The van der Waals surface area contributed by atoms with E-state index in [-0.39, 0.29) is 5.91 Å². The molecule has 0 heterocycles. The van der Waals surface area contributed by atoms with Crippen molar-refractivity contribution in [2.75, 3.05) is 13.1 Å². The summed E-state index contributed by atoms with van der Waals surface area (Å²) >= 11 is 0. The molecule has 3 nitrogen and oxygen atoms in total. The van der Waals surface area contributed by atoms with Gasteiger partial charge >= 0.3 is 0 Å². The van der Waals surface area contributed by atoms with E-state index in [4.69, 9.17) is 0 Å². The van der Waals surface area contributed by atoms with Gasteiger partial charge in [-0.15, -0.1) is 0 Å². The van der Waals surface area contributed by atoms with E-state index in [0.717, 1.165) is 24.2 Å². The minimum absolute atomic E-state index is 0.0267. The third kappa shape index (κ3) is 3.07. The molecule has 0 unspecified atom stereocenters. The van der Waals surface area contributed by atoms with Crippen molar-refractivity contribution in [3.05, 3.63) is 34.9 Å². The summed E-state index contributed by atoms with van der Waals surface area (Å²) in [6, 6.07) is 5.87. The van der Waals surface area contributed by atoms with Gasteiger partial charge in [0.25, 0.3) is 5.91 Å². The standard InChI is InChI=1S/C13H20N2O/c1-5-15(6-2)14-13(16)12-8-7-10(3)9-11(12)4/h7-9H,5-6H2,1-4H3,(H,14,16). The van der Waals surface area contributed by atoms with Gasteiger partial charge < -0.3 is 0 Å². The molecule has 16 heavy (non-hydrogen) atoms. The second kappa shape index (κ2) is 5.66. The third-order valence-corrected chi connectivity index (χ3v) is 2.65. The maximum absolute atomic E-state index is 12.0. The maximum atomic E-state index is 12.0. The van der Waals surface area contributed by atoms with Crippen molar-refractivity contribution >= 4 is 5.91 Å². The van der Waals surface area contributed by atoms with Gasteiger partial charge in [-0.05, 0) is 25.5 Å². The lowest BCUT2D eigenvalue weighted by atomic mass is 10.1. The zero-order chi connectivity index (χ0) is 12.1. The predicted octanol–water partition coefficient (Wildman–Crippen LogP) is 2.29. The molecule has 0 fully saturated rings. The SMILES string of the molecule is CCN(CC)NC(=O)c1ccc(C)cc1C. The number of benzene rings is 1. The molecule has 0 aliphatic carbocycles. The Hall–Kier alpha value is -1.35. The Kier molecular flexibility index (Phi) is 4.50. The van der Waals surface area contributed by atoms with E-state index in [2.05, 4.69) is 5.43 Å². The highest BCUT2D eigenvalue weighted by molar-refractivity contribution is 5.95. The number of carbonyl (C=O) groups is 1. The van der Waals surface area contributed by atoms with Crippen molar-refractivity contribution in [2.45, 2.75) is 27.7 Å². The van der Waals surface area contributed by atoms with Gasteiger partial charge in [-0.25, -0.2) is 5.01 Å². The minimum atomic E-state index is -0.0267. The molecule has 0 saturated carbocycles. The van der Waals surface area contributed by atoms with Gasteiger partial charge in [0.2, 0.25) is 0 Å². The Balaban J connectivity index is 2.80. The monoisotopic (exact) mass is 220 g/mol. The van der Waals surface area contributed by atoms with Crippen molar-refractivity contribution < 1.29 is 4.79 Å². The van der Waals surface area contributed by atoms with Crippen molar-refractivity contribution in [1.29, 1.82) is 0 Å². The average Bonchev–Trinajstić information content (AvgIpc) is 2.25. The number of hydrazine groups is 1. The number of hydrogen-bond donors (Lipinski definition) is 1. The summed E-state index contributed by atoms with van der Waals surface area (Å²) in [6.45, 7) is 9.65. The molecule has 0 aromatic heterocycles. The highest BCUT2D eigenvalue weighted by atomic mass is 16.2. The van der Waals surface area contributed by atoms with Crippen molar-refractivity contribution in [2.24, 2.45) is 0 Å². The Morgan fingerprint density at radius 3 is 2.38 bits per heavy atom. The molecule has 88 valence electrons. The number of nitrogens with one attached hydrogen (secondary N) is 1. The van der Waals surface area contributed by atoms with E-state index < -0.39 is 0 Å². The lowest BCUT2D eigenvalue weighted by molar-refractivity contribution is 0.0805. The molecular formula is C13H20N2O. The van der Waals surface area contributed by atoms with Crippen LogP contribution in [0.5, 0.6) is 0 Å². The van der Waals surface area contributed by atoms with E-state index in [9.17, 15) is 4.79 Å². The summed E-state index contributed by atoms with van der Waals surface area (Å²) in [5.41, 5.74) is 5.83.